The molecule has 0 unspecified atom stereocenters. The number of ether oxygens (including phenoxy) is 1. The number of thiocarbonyl (C=S) groups is 1. The van der Waals surface area contributed by atoms with Crippen LogP contribution in [0.5, 0.6) is 0 Å². The van der Waals surface area contributed by atoms with Crippen LogP contribution in [0.2, 0.25) is 0 Å². The molecule has 0 amide bonds. The van der Waals surface area contributed by atoms with Gasteiger partial charge in [-0.25, -0.2) is 0 Å². The first kappa shape index (κ1) is 16.9. The summed E-state index contributed by atoms with van der Waals surface area (Å²) in [5.74, 6) is 0. The Morgan fingerprint density at radius 1 is 1.32 bits per heavy atom. The highest BCUT2D eigenvalue weighted by Gasteiger charge is 2.20. The fraction of sp³-hybridized carbons (Fsp3) is 0.471. The van der Waals surface area contributed by atoms with E-state index in [9.17, 15) is 0 Å². The Labute approximate surface area is 138 Å². The van der Waals surface area contributed by atoms with E-state index in [1.54, 1.807) is 12.0 Å². The SMILES string of the molecule is COCCNC(=S)N1CC[NH+](C/C=C/c2ccccc2)CC1. The molecular weight excluding hydrogens is 294 g/mol. The van der Waals surface area contributed by atoms with E-state index < -0.39 is 0 Å². The van der Waals surface area contributed by atoms with Crippen molar-refractivity contribution in [3.8, 4) is 0 Å². The number of hydrogen-bond donors (Lipinski definition) is 2. The molecule has 1 heterocycles. The van der Waals surface area contributed by atoms with Crippen LogP contribution >= 0.6 is 12.2 Å². The molecule has 1 aliphatic rings. The number of benzene rings is 1. The molecule has 1 aromatic carbocycles. The first-order chi connectivity index (χ1) is 10.8. The zero-order valence-corrected chi connectivity index (χ0v) is 14.1. The fourth-order valence-corrected chi connectivity index (χ4v) is 2.81. The smallest absolute Gasteiger partial charge is 0.169 e. The molecule has 0 atom stereocenters. The zero-order valence-electron chi connectivity index (χ0n) is 13.3. The molecule has 5 heteroatoms. The number of rotatable bonds is 6. The van der Waals surface area contributed by atoms with Gasteiger partial charge in [0.2, 0.25) is 0 Å². The van der Waals surface area contributed by atoms with E-state index >= 15 is 0 Å². The Hall–Kier alpha value is -1.43. The van der Waals surface area contributed by atoms with Gasteiger partial charge in [0, 0.05) is 13.7 Å². The maximum Gasteiger partial charge on any atom is 0.169 e. The third-order valence-electron chi connectivity index (χ3n) is 3.86. The molecule has 1 saturated heterocycles. The number of nitrogens with zero attached hydrogens (tertiary/aromatic N) is 1. The lowest BCUT2D eigenvalue weighted by atomic mass is 10.2. The average Bonchev–Trinajstić information content (AvgIpc) is 2.56. The lowest BCUT2D eigenvalue weighted by molar-refractivity contribution is -0.897. The molecule has 1 fully saturated rings. The van der Waals surface area contributed by atoms with E-state index in [1.807, 2.05) is 6.07 Å². The molecule has 0 radical (unpaired) electrons. The molecule has 0 saturated carbocycles. The number of hydrogen-bond acceptors (Lipinski definition) is 2. The summed E-state index contributed by atoms with van der Waals surface area (Å²) >= 11 is 5.41. The Morgan fingerprint density at radius 3 is 2.73 bits per heavy atom. The molecule has 2 N–H and O–H groups in total. The highest BCUT2D eigenvalue weighted by Crippen LogP contribution is 1.99. The highest BCUT2D eigenvalue weighted by atomic mass is 32.1. The van der Waals surface area contributed by atoms with Crippen LogP contribution in [-0.4, -0.2) is 63.0 Å². The molecule has 0 bridgehead atoms. The van der Waals surface area contributed by atoms with Gasteiger partial charge in [0.1, 0.15) is 0 Å². The summed E-state index contributed by atoms with van der Waals surface area (Å²) in [4.78, 5) is 3.87. The average molecular weight is 320 g/mol. The van der Waals surface area contributed by atoms with Crippen molar-refractivity contribution in [2.45, 2.75) is 0 Å². The number of piperazine rings is 1. The third-order valence-corrected chi connectivity index (χ3v) is 4.26. The maximum absolute atomic E-state index is 5.41. The van der Waals surface area contributed by atoms with Crippen molar-refractivity contribution in [1.29, 1.82) is 0 Å². The zero-order chi connectivity index (χ0) is 15.6. The molecule has 1 aromatic rings. The molecule has 120 valence electrons. The van der Waals surface area contributed by atoms with Crippen LogP contribution in [-0.2, 0) is 4.74 Å². The van der Waals surface area contributed by atoms with Crippen molar-refractivity contribution in [3.63, 3.8) is 0 Å². The molecule has 22 heavy (non-hydrogen) atoms. The fourth-order valence-electron chi connectivity index (χ4n) is 2.53. The van der Waals surface area contributed by atoms with Gasteiger partial charge in [-0.05, 0) is 23.9 Å². The van der Waals surface area contributed by atoms with Crippen LogP contribution < -0.4 is 10.2 Å². The number of methoxy groups -OCH3 is 1. The van der Waals surface area contributed by atoms with Crippen molar-refractivity contribution in [3.05, 3.63) is 42.0 Å². The Kier molecular flexibility index (Phi) is 7.36. The van der Waals surface area contributed by atoms with Crippen LogP contribution in [0.15, 0.2) is 36.4 Å². The highest BCUT2D eigenvalue weighted by molar-refractivity contribution is 7.80. The summed E-state index contributed by atoms with van der Waals surface area (Å²) in [6.07, 6.45) is 4.48. The molecule has 0 aromatic heterocycles. The third kappa shape index (κ3) is 5.75. The summed E-state index contributed by atoms with van der Waals surface area (Å²) in [6.45, 7) is 6.85. The predicted molar refractivity (Wildman–Crippen MR) is 95.1 cm³/mol. The molecule has 1 aliphatic heterocycles. The summed E-state index contributed by atoms with van der Waals surface area (Å²) < 4.78 is 5.03. The van der Waals surface area contributed by atoms with Crippen LogP contribution in [0.4, 0.5) is 0 Å². The molecule has 2 rings (SSSR count). The second kappa shape index (κ2) is 9.56. The minimum atomic E-state index is 0.690. The largest absolute Gasteiger partial charge is 0.383 e. The van der Waals surface area contributed by atoms with Crippen molar-refractivity contribution in [2.24, 2.45) is 0 Å². The van der Waals surface area contributed by atoms with Crippen molar-refractivity contribution in [1.82, 2.24) is 10.2 Å². The second-order valence-electron chi connectivity index (χ2n) is 5.48. The topological polar surface area (TPSA) is 28.9 Å². The van der Waals surface area contributed by atoms with Crippen LogP contribution in [0.1, 0.15) is 5.56 Å². The summed E-state index contributed by atoms with van der Waals surface area (Å²) in [5, 5.41) is 4.10. The van der Waals surface area contributed by atoms with Gasteiger partial charge in [-0.1, -0.05) is 36.4 Å². The van der Waals surface area contributed by atoms with Crippen LogP contribution in [0.3, 0.4) is 0 Å². The lowest BCUT2D eigenvalue weighted by Gasteiger charge is -2.33. The second-order valence-corrected chi connectivity index (χ2v) is 5.87. The van der Waals surface area contributed by atoms with Crippen molar-refractivity contribution >= 4 is 23.4 Å². The van der Waals surface area contributed by atoms with Gasteiger partial charge in [-0.15, -0.1) is 0 Å². The van der Waals surface area contributed by atoms with Gasteiger partial charge in [-0.3, -0.25) is 0 Å². The van der Waals surface area contributed by atoms with Gasteiger partial charge in [0.25, 0.3) is 0 Å². The van der Waals surface area contributed by atoms with E-state index in [4.69, 9.17) is 17.0 Å². The minimum Gasteiger partial charge on any atom is -0.383 e. The van der Waals surface area contributed by atoms with Crippen LogP contribution in [0.25, 0.3) is 6.08 Å². The van der Waals surface area contributed by atoms with Gasteiger partial charge in [0.05, 0.1) is 39.3 Å². The van der Waals surface area contributed by atoms with Crippen LogP contribution in [0, 0.1) is 0 Å². The lowest BCUT2D eigenvalue weighted by Crippen LogP contribution is -3.14. The quantitative estimate of drug-likeness (QED) is 0.587. The number of quaternary nitrogens is 1. The molecule has 0 spiro atoms. The maximum atomic E-state index is 5.41. The first-order valence-corrected chi connectivity index (χ1v) is 8.27. The molecular formula is C17H26N3OS+. The number of nitrogens with one attached hydrogen (secondary N) is 2. The summed E-state index contributed by atoms with van der Waals surface area (Å²) in [7, 11) is 1.70. The first-order valence-electron chi connectivity index (χ1n) is 7.86. The molecule has 0 aliphatic carbocycles. The van der Waals surface area contributed by atoms with E-state index in [2.05, 4.69) is 46.6 Å². The van der Waals surface area contributed by atoms with E-state index in [1.165, 1.54) is 5.56 Å². The Bertz CT molecular complexity index is 470. The van der Waals surface area contributed by atoms with E-state index in [-0.39, 0.29) is 0 Å². The minimum absolute atomic E-state index is 0.690. The normalized spacial score (nSPS) is 16.1. The van der Waals surface area contributed by atoms with Gasteiger partial charge < -0.3 is 19.9 Å². The predicted octanol–water partition coefficient (Wildman–Crippen LogP) is 0.421. The van der Waals surface area contributed by atoms with Crippen molar-refractivity contribution < 1.29 is 9.64 Å². The Morgan fingerprint density at radius 2 is 2.05 bits per heavy atom. The van der Waals surface area contributed by atoms with E-state index in [0.29, 0.717) is 6.61 Å². The summed E-state index contributed by atoms with van der Waals surface area (Å²) in [5.41, 5.74) is 1.27. The monoisotopic (exact) mass is 320 g/mol. The van der Waals surface area contributed by atoms with E-state index in [0.717, 1.165) is 44.4 Å². The summed E-state index contributed by atoms with van der Waals surface area (Å²) in [6, 6.07) is 10.5. The standard InChI is InChI=1S/C17H25N3OS/c1-21-15-9-18-17(22)20-13-11-19(12-14-20)10-5-8-16-6-3-2-4-7-16/h2-8H,9-15H2,1H3,(H,18,22)/p+1/b8-5+. The van der Waals surface area contributed by atoms with Gasteiger partial charge in [0.15, 0.2) is 5.11 Å². The molecule has 4 nitrogen and oxygen atoms in total. The van der Waals surface area contributed by atoms with Crippen molar-refractivity contribution in [2.75, 3.05) is 53.0 Å². The van der Waals surface area contributed by atoms with Gasteiger partial charge in [-0.2, -0.15) is 0 Å². The Balaban J connectivity index is 1.66. The van der Waals surface area contributed by atoms with Gasteiger partial charge >= 0.3 is 0 Å².